The van der Waals surface area contributed by atoms with E-state index in [0.717, 1.165) is 0 Å². The summed E-state index contributed by atoms with van der Waals surface area (Å²) in [5.74, 6) is -7.21. The van der Waals surface area contributed by atoms with Gasteiger partial charge in [-0.3, -0.25) is 5.32 Å². The van der Waals surface area contributed by atoms with E-state index in [9.17, 15) is 35.8 Å². The number of hydrogen-bond donors (Lipinski definition) is 2. The van der Waals surface area contributed by atoms with Gasteiger partial charge in [-0.1, -0.05) is 12.6 Å². The Labute approximate surface area is 145 Å². The Morgan fingerprint density at radius 2 is 1.77 bits per heavy atom. The number of aliphatic hydroxyl groups excluding tert-OH is 1. The van der Waals surface area contributed by atoms with E-state index in [-0.39, 0.29) is 5.92 Å². The number of halogens is 7. The highest BCUT2D eigenvalue weighted by molar-refractivity contribution is 5.23. The van der Waals surface area contributed by atoms with E-state index in [2.05, 4.69) is 6.58 Å². The monoisotopic (exact) mass is 385 g/mol. The van der Waals surface area contributed by atoms with E-state index in [4.69, 9.17) is 0 Å². The molecule has 0 spiro atoms. The van der Waals surface area contributed by atoms with E-state index in [1.807, 2.05) is 5.32 Å². The highest BCUT2D eigenvalue weighted by atomic mass is 19.4. The van der Waals surface area contributed by atoms with Crippen molar-refractivity contribution in [1.82, 2.24) is 5.32 Å². The number of benzene rings is 1. The molecule has 0 heterocycles. The molecule has 146 valence electrons. The fourth-order valence-electron chi connectivity index (χ4n) is 2.67. The summed E-state index contributed by atoms with van der Waals surface area (Å²) in [4.78, 5) is 0. The molecule has 2 N–H and O–H groups in total. The van der Waals surface area contributed by atoms with Gasteiger partial charge in [0.15, 0.2) is 11.6 Å². The van der Waals surface area contributed by atoms with Crippen LogP contribution >= 0.6 is 0 Å². The maximum atomic E-state index is 14.0. The number of hydrogen-bond acceptors (Lipinski definition) is 2. The molecule has 1 fully saturated rings. The highest BCUT2D eigenvalue weighted by Crippen LogP contribution is 2.42. The van der Waals surface area contributed by atoms with Crippen LogP contribution in [0, 0.1) is 17.6 Å². The van der Waals surface area contributed by atoms with E-state index in [1.54, 1.807) is 0 Å². The molecule has 2 nitrogen and oxygen atoms in total. The molecule has 1 aromatic rings. The molecule has 26 heavy (non-hydrogen) atoms. The molecule has 1 aliphatic rings. The van der Waals surface area contributed by atoms with Crippen LogP contribution in [0.3, 0.4) is 0 Å². The summed E-state index contributed by atoms with van der Waals surface area (Å²) in [7, 11) is 0. The molecule has 0 aliphatic heterocycles. The summed E-state index contributed by atoms with van der Waals surface area (Å²) >= 11 is 0. The number of nitrogens with one attached hydrogen (secondary N) is 1. The van der Waals surface area contributed by atoms with Crippen LogP contribution in [0.1, 0.15) is 37.3 Å². The third-order valence-corrected chi connectivity index (χ3v) is 4.16. The average molecular weight is 385 g/mol. The zero-order valence-electron chi connectivity index (χ0n) is 13.6. The maximum Gasteiger partial charge on any atom is 0.407 e. The quantitative estimate of drug-likeness (QED) is 0.462. The predicted molar refractivity (Wildman–Crippen MR) is 80.8 cm³/mol. The third-order valence-electron chi connectivity index (χ3n) is 4.16. The van der Waals surface area contributed by atoms with E-state index < -0.39 is 60.0 Å². The van der Waals surface area contributed by atoms with Gasteiger partial charge >= 0.3 is 6.18 Å². The fourth-order valence-corrected chi connectivity index (χ4v) is 2.67. The summed E-state index contributed by atoms with van der Waals surface area (Å²) in [6, 6.07) is -2.81. The zero-order chi connectivity index (χ0) is 19.7. The maximum absolute atomic E-state index is 14.0. The first-order valence-electron chi connectivity index (χ1n) is 7.92. The van der Waals surface area contributed by atoms with Crippen LogP contribution in [-0.4, -0.2) is 23.2 Å². The predicted octanol–water partition coefficient (Wildman–Crippen LogP) is 5.42. The molecule has 1 saturated carbocycles. The fraction of sp³-hybridized carbons (Fsp3) is 0.529. The van der Waals surface area contributed by atoms with Crippen LogP contribution in [0.15, 0.2) is 30.5 Å². The minimum Gasteiger partial charge on any atom is -0.511 e. The number of rotatable bonds is 8. The van der Waals surface area contributed by atoms with Gasteiger partial charge < -0.3 is 5.11 Å². The first kappa shape index (κ1) is 20.5. The van der Waals surface area contributed by atoms with E-state index >= 15 is 0 Å². The van der Waals surface area contributed by atoms with Crippen molar-refractivity contribution >= 4 is 0 Å². The lowest BCUT2D eigenvalue weighted by Gasteiger charge is -2.29. The van der Waals surface area contributed by atoms with Crippen LogP contribution in [0.5, 0.6) is 0 Å². The Hall–Kier alpha value is -1.77. The van der Waals surface area contributed by atoms with Crippen LogP contribution < -0.4 is 5.32 Å². The van der Waals surface area contributed by atoms with Gasteiger partial charge in [0, 0.05) is 12.8 Å². The van der Waals surface area contributed by atoms with Crippen molar-refractivity contribution in [2.75, 3.05) is 0 Å². The molecule has 1 unspecified atom stereocenters. The minimum absolute atomic E-state index is 0.179. The van der Waals surface area contributed by atoms with Gasteiger partial charge in [0.05, 0.1) is 6.04 Å². The smallest absolute Gasteiger partial charge is 0.407 e. The molecule has 2 rings (SSSR count). The Morgan fingerprint density at radius 1 is 1.15 bits per heavy atom. The molecular weight excluding hydrogens is 367 g/mol. The van der Waals surface area contributed by atoms with Gasteiger partial charge in [0.25, 0.3) is 0 Å². The van der Waals surface area contributed by atoms with E-state index in [1.165, 1.54) is 0 Å². The van der Waals surface area contributed by atoms with Gasteiger partial charge in [-0.2, -0.15) is 13.2 Å². The lowest BCUT2D eigenvalue weighted by Crippen LogP contribution is -2.44. The SMILES string of the molecule is C=C(O)[C@H](CC(F)(F)CC1CC1)NC(c1ccc(F)c(F)c1)C(F)(F)F. The van der Waals surface area contributed by atoms with Crippen molar-refractivity contribution in [3.05, 3.63) is 47.7 Å². The average Bonchev–Trinajstić information content (AvgIpc) is 3.28. The first-order valence-corrected chi connectivity index (χ1v) is 7.92. The standard InChI is InChI=1S/C17H18F7NO/c1-9(26)14(8-16(20,21)7-10-2-3-10)25-15(17(22,23)24)11-4-5-12(18)13(19)6-11/h4-6,10,14-15,25-26H,1-3,7-8H2/t14-,15?/m0/s1. The normalized spacial score (nSPS) is 17.8. The van der Waals surface area contributed by atoms with E-state index in [0.29, 0.717) is 31.0 Å². The molecule has 0 amide bonds. The summed E-state index contributed by atoms with van der Waals surface area (Å²) in [5, 5.41) is 11.4. The number of alkyl halides is 5. The molecule has 1 aromatic carbocycles. The summed E-state index contributed by atoms with van der Waals surface area (Å²) in [6.45, 7) is 3.05. The van der Waals surface area contributed by atoms with Crippen molar-refractivity contribution < 1.29 is 35.8 Å². The Kier molecular flexibility index (Phi) is 5.89. The molecule has 2 atom stereocenters. The minimum atomic E-state index is -5.00. The van der Waals surface area contributed by atoms with Gasteiger partial charge in [-0.15, -0.1) is 0 Å². The lowest BCUT2D eigenvalue weighted by molar-refractivity contribution is -0.161. The van der Waals surface area contributed by atoms with Crippen LogP contribution in [0.25, 0.3) is 0 Å². The summed E-state index contributed by atoms with van der Waals surface area (Å²) < 4.78 is 94.3. The Bertz CT molecular complexity index is 655. The molecule has 0 bridgehead atoms. The van der Waals surface area contributed by atoms with Crippen LogP contribution in [0.4, 0.5) is 30.7 Å². The van der Waals surface area contributed by atoms with Crippen molar-refractivity contribution in [1.29, 1.82) is 0 Å². The van der Waals surface area contributed by atoms with Gasteiger partial charge in [-0.05, 0) is 36.5 Å². The Morgan fingerprint density at radius 3 is 2.23 bits per heavy atom. The first-order chi connectivity index (χ1) is 11.9. The van der Waals surface area contributed by atoms with Gasteiger partial charge in [-0.25, -0.2) is 17.6 Å². The van der Waals surface area contributed by atoms with Crippen molar-refractivity contribution in [3.63, 3.8) is 0 Å². The van der Waals surface area contributed by atoms with Crippen LogP contribution in [-0.2, 0) is 0 Å². The van der Waals surface area contributed by atoms with Crippen molar-refractivity contribution in [2.45, 2.75) is 49.9 Å². The van der Waals surface area contributed by atoms with Crippen molar-refractivity contribution in [2.24, 2.45) is 5.92 Å². The van der Waals surface area contributed by atoms with Gasteiger partial charge in [0.1, 0.15) is 11.8 Å². The van der Waals surface area contributed by atoms with Gasteiger partial charge in [0.2, 0.25) is 5.92 Å². The summed E-state index contributed by atoms with van der Waals surface area (Å²) in [5.41, 5.74) is -0.701. The zero-order valence-corrected chi connectivity index (χ0v) is 13.6. The second-order valence-electron chi connectivity index (χ2n) is 6.57. The summed E-state index contributed by atoms with van der Waals surface area (Å²) in [6.07, 6.45) is -5.30. The molecule has 0 aromatic heterocycles. The second kappa shape index (κ2) is 7.46. The largest absolute Gasteiger partial charge is 0.511 e. The molecule has 0 saturated heterocycles. The molecule has 1 aliphatic carbocycles. The molecule has 9 heteroatoms. The third kappa shape index (κ3) is 5.62. The Balaban J connectivity index is 2.22. The number of aliphatic hydroxyl groups is 1. The highest BCUT2D eigenvalue weighted by Gasteiger charge is 2.45. The molecular formula is C17H18F7NO. The topological polar surface area (TPSA) is 32.3 Å². The van der Waals surface area contributed by atoms with Crippen LogP contribution in [0.2, 0.25) is 0 Å². The van der Waals surface area contributed by atoms with Crippen molar-refractivity contribution in [3.8, 4) is 0 Å². The molecule has 0 radical (unpaired) electrons. The second-order valence-corrected chi connectivity index (χ2v) is 6.57. The lowest BCUT2D eigenvalue weighted by atomic mass is 9.99.